The fourth-order valence-electron chi connectivity index (χ4n) is 4.28. The number of methoxy groups -OCH3 is 1. The number of nitrogens with zero attached hydrogens (tertiary/aromatic N) is 2. The lowest BCUT2D eigenvalue weighted by atomic mass is 9.91. The van der Waals surface area contributed by atoms with Gasteiger partial charge in [-0.1, -0.05) is 5.16 Å². The number of Topliss-reactive ketones (excluding diaryl/α,β-unsaturated/α-hetero) is 1. The van der Waals surface area contributed by atoms with Gasteiger partial charge in [-0.15, -0.1) is 0 Å². The molecule has 32 heavy (non-hydrogen) atoms. The van der Waals surface area contributed by atoms with Gasteiger partial charge in [-0.2, -0.15) is 0 Å². The zero-order valence-corrected chi connectivity index (χ0v) is 18.8. The van der Waals surface area contributed by atoms with Crippen LogP contribution in [0.2, 0.25) is 0 Å². The Kier molecular flexibility index (Phi) is 6.74. The summed E-state index contributed by atoms with van der Waals surface area (Å²) in [6.07, 6.45) is 2.89. The Balaban J connectivity index is 1.28. The van der Waals surface area contributed by atoms with Crippen LogP contribution in [0.4, 0.5) is 4.39 Å². The Hall–Kier alpha value is -2.93. The van der Waals surface area contributed by atoms with E-state index in [-0.39, 0.29) is 17.7 Å². The Morgan fingerprint density at radius 2 is 2.00 bits per heavy atom. The van der Waals surface area contributed by atoms with E-state index >= 15 is 0 Å². The highest BCUT2D eigenvalue weighted by Crippen LogP contribution is 2.33. The molecule has 2 aromatic carbocycles. The van der Waals surface area contributed by atoms with Gasteiger partial charge in [0.15, 0.2) is 22.9 Å². The maximum Gasteiger partial charge on any atom is 0.170 e. The van der Waals surface area contributed by atoms with Crippen molar-refractivity contribution in [3.63, 3.8) is 0 Å². The fourth-order valence-corrected chi connectivity index (χ4v) is 4.28. The van der Waals surface area contributed by atoms with Crippen molar-refractivity contribution in [3.05, 3.63) is 53.5 Å². The van der Waals surface area contributed by atoms with Crippen molar-refractivity contribution in [2.75, 3.05) is 26.7 Å². The lowest BCUT2D eigenvalue weighted by Crippen LogP contribution is -2.35. The molecule has 0 aliphatic carbocycles. The first-order valence-electron chi connectivity index (χ1n) is 11.1. The first-order chi connectivity index (χ1) is 15.4. The number of hydrogen-bond acceptors (Lipinski definition) is 6. The zero-order valence-electron chi connectivity index (χ0n) is 18.8. The highest BCUT2D eigenvalue weighted by Gasteiger charge is 2.25. The molecule has 1 aliphatic rings. The first-order valence-corrected chi connectivity index (χ1v) is 11.1. The first kappa shape index (κ1) is 22.3. The molecule has 0 spiro atoms. The van der Waals surface area contributed by atoms with E-state index < -0.39 is 0 Å². The molecule has 0 amide bonds. The smallest absolute Gasteiger partial charge is 0.170 e. The van der Waals surface area contributed by atoms with Gasteiger partial charge in [0.2, 0.25) is 0 Å². The lowest BCUT2D eigenvalue weighted by molar-refractivity contribution is 0.101. The van der Waals surface area contributed by atoms with Crippen molar-refractivity contribution in [3.8, 4) is 11.5 Å². The number of piperidine rings is 1. The molecule has 1 saturated heterocycles. The maximum absolute atomic E-state index is 13.4. The summed E-state index contributed by atoms with van der Waals surface area (Å²) in [6.45, 7) is 6.47. The van der Waals surface area contributed by atoms with Gasteiger partial charge in [0, 0.05) is 29.5 Å². The number of carbonyl (C=O) groups is 1. The number of benzene rings is 2. The van der Waals surface area contributed by atoms with Crippen LogP contribution < -0.4 is 9.47 Å². The highest BCUT2D eigenvalue weighted by molar-refractivity contribution is 5.94. The van der Waals surface area contributed by atoms with Crippen LogP contribution in [0.25, 0.3) is 11.0 Å². The van der Waals surface area contributed by atoms with Gasteiger partial charge in [-0.3, -0.25) is 4.79 Å². The second kappa shape index (κ2) is 9.69. The van der Waals surface area contributed by atoms with Crippen molar-refractivity contribution in [2.24, 2.45) is 0 Å². The van der Waals surface area contributed by atoms with Crippen LogP contribution >= 0.6 is 0 Å². The van der Waals surface area contributed by atoms with Crippen molar-refractivity contribution >= 4 is 16.8 Å². The van der Waals surface area contributed by atoms with Crippen molar-refractivity contribution in [2.45, 2.75) is 45.1 Å². The normalized spacial score (nSPS) is 16.2. The predicted octanol–water partition coefficient (Wildman–Crippen LogP) is 5.22. The van der Waals surface area contributed by atoms with Crippen molar-refractivity contribution in [1.82, 2.24) is 10.1 Å². The molecule has 2 heterocycles. The second-order valence-corrected chi connectivity index (χ2v) is 8.46. The van der Waals surface area contributed by atoms with Crippen LogP contribution in [0, 0.1) is 5.82 Å². The molecule has 7 heteroatoms. The zero-order chi connectivity index (χ0) is 22.7. The number of ether oxygens (including phenoxy) is 2. The van der Waals surface area contributed by atoms with Crippen LogP contribution in [0.5, 0.6) is 11.5 Å². The predicted molar refractivity (Wildman–Crippen MR) is 120 cm³/mol. The van der Waals surface area contributed by atoms with Gasteiger partial charge in [0.1, 0.15) is 5.82 Å². The van der Waals surface area contributed by atoms with E-state index in [0.29, 0.717) is 28.6 Å². The number of fused-ring (bicyclic) bond motifs is 1. The molecule has 3 aromatic rings. The van der Waals surface area contributed by atoms with E-state index in [1.165, 1.54) is 19.1 Å². The molecule has 1 aliphatic heterocycles. The monoisotopic (exact) mass is 440 g/mol. The molecular weight excluding hydrogens is 411 g/mol. The third-order valence-electron chi connectivity index (χ3n) is 6.19. The van der Waals surface area contributed by atoms with E-state index in [9.17, 15) is 9.18 Å². The third-order valence-corrected chi connectivity index (χ3v) is 6.19. The molecule has 0 bridgehead atoms. The molecule has 1 unspecified atom stereocenters. The van der Waals surface area contributed by atoms with Crippen LogP contribution in [0.3, 0.4) is 0 Å². The van der Waals surface area contributed by atoms with E-state index in [1.807, 2.05) is 6.92 Å². The van der Waals surface area contributed by atoms with Crippen LogP contribution in [0.15, 0.2) is 40.9 Å². The summed E-state index contributed by atoms with van der Waals surface area (Å²) in [5, 5.41) is 5.14. The highest BCUT2D eigenvalue weighted by atomic mass is 19.1. The topological polar surface area (TPSA) is 64.8 Å². The number of ketones is 1. The number of hydrogen-bond donors (Lipinski definition) is 0. The molecule has 4 rings (SSSR count). The minimum atomic E-state index is -0.307. The molecule has 1 atom stereocenters. The minimum Gasteiger partial charge on any atom is -0.493 e. The van der Waals surface area contributed by atoms with E-state index in [4.69, 9.17) is 14.0 Å². The molecule has 0 saturated carbocycles. The average Bonchev–Trinajstić information content (AvgIpc) is 3.21. The van der Waals surface area contributed by atoms with Gasteiger partial charge >= 0.3 is 0 Å². The number of likely N-dealkylation sites (tertiary alicyclic amines) is 1. The summed E-state index contributed by atoms with van der Waals surface area (Å²) in [6, 6.07) is 9.90. The molecule has 170 valence electrons. The Morgan fingerprint density at radius 3 is 2.72 bits per heavy atom. The number of carbonyl (C=O) groups excluding carboxylic acids is 1. The molecule has 6 nitrogen and oxygen atoms in total. The molecule has 0 radical (unpaired) electrons. The largest absolute Gasteiger partial charge is 0.493 e. The lowest BCUT2D eigenvalue weighted by Gasteiger charge is -2.31. The SMILES string of the molecule is COc1cc(C(C)=O)ccc1OC(C)CCN1CCC(c2noc3cc(F)ccc23)CC1. The Morgan fingerprint density at radius 1 is 1.22 bits per heavy atom. The van der Waals surface area contributed by atoms with Gasteiger partial charge in [0.05, 0.1) is 18.9 Å². The summed E-state index contributed by atoms with van der Waals surface area (Å²) >= 11 is 0. The standard InChI is InChI=1S/C25H29FN2O4/c1-16(31-22-7-4-19(17(2)29)14-24(22)30-3)8-11-28-12-9-18(10-13-28)25-21-6-5-20(26)15-23(21)32-27-25/h4-7,14-16,18H,8-13H2,1-3H3. The third kappa shape index (κ3) is 4.93. The van der Waals surface area contributed by atoms with Gasteiger partial charge in [-0.05, 0) is 76.5 Å². The summed E-state index contributed by atoms with van der Waals surface area (Å²) < 4.78 is 30.2. The van der Waals surface area contributed by atoms with Crippen LogP contribution in [0.1, 0.15) is 55.1 Å². The quantitative estimate of drug-likeness (QED) is 0.448. The Labute approximate surface area is 187 Å². The summed E-state index contributed by atoms with van der Waals surface area (Å²) in [4.78, 5) is 14.0. The van der Waals surface area contributed by atoms with Gasteiger partial charge in [-0.25, -0.2) is 4.39 Å². The van der Waals surface area contributed by atoms with Crippen molar-refractivity contribution < 1.29 is 23.2 Å². The van der Waals surface area contributed by atoms with E-state index in [2.05, 4.69) is 10.1 Å². The van der Waals surface area contributed by atoms with Gasteiger partial charge < -0.3 is 18.9 Å². The number of aromatic nitrogens is 1. The van der Waals surface area contributed by atoms with E-state index in [1.54, 1.807) is 31.4 Å². The Bertz CT molecular complexity index is 1090. The summed E-state index contributed by atoms with van der Waals surface area (Å²) in [5.74, 6) is 1.25. The van der Waals surface area contributed by atoms with E-state index in [0.717, 1.165) is 50.0 Å². The van der Waals surface area contributed by atoms with Crippen LogP contribution in [-0.4, -0.2) is 48.7 Å². The molecule has 1 fully saturated rings. The van der Waals surface area contributed by atoms with Crippen molar-refractivity contribution in [1.29, 1.82) is 0 Å². The molecular formula is C25H29FN2O4. The molecule has 1 aromatic heterocycles. The summed E-state index contributed by atoms with van der Waals surface area (Å²) in [7, 11) is 1.58. The average molecular weight is 441 g/mol. The van der Waals surface area contributed by atoms with Crippen LogP contribution in [-0.2, 0) is 0 Å². The number of halogens is 1. The molecule has 0 N–H and O–H groups in total. The minimum absolute atomic E-state index is 0.00270. The maximum atomic E-state index is 13.4. The van der Waals surface area contributed by atoms with Gasteiger partial charge in [0.25, 0.3) is 0 Å². The fraction of sp³-hybridized carbons (Fsp3) is 0.440. The number of rotatable bonds is 8. The summed E-state index contributed by atoms with van der Waals surface area (Å²) in [5.41, 5.74) is 2.06. The second-order valence-electron chi connectivity index (χ2n) is 8.46.